The summed E-state index contributed by atoms with van der Waals surface area (Å²) in [7, 11) is 1.82. The third-order valence-corrected chi connectivity index (χ3v) is 3.59. The summed E-state index contributed by atoms with van der Waals surface area (Å²) in [5.74, 6) is 0.941. The Kier molecular flexibility index (Phi) is 2.89. The molecule has 76 valence electrons. The Morgan fingerprint density at radius 3 is 2.38 bits per heavy atom. The Balaban J connectivity index is 1.64. The van der Waals surface area contributed by atoms with E-state index in [0.29, 0.717) is 6.10 Å². The number of rotatable bonds is 3. The molecule has 0 aliphatic heterocycles. The Bertz CT molecular complexity index is 165. The van der Waals surface area contributed by atoms with Gasteiger partial charge in [0.2, 0.25) is 0 Å². The average molecular weight is 183 g/mol. The molecular weight excluding hydrogens is 162 g/mol. The van der Waals surface area contributed by atoms with Gasteiger partial charge in [-0.1, -0.05) is 6.92 Å². The van der Waals surface area contributed by atoms with Crippen LogP contribution in [0.3, 0.4) is 0 Å². The van der Waals surface area contributed by atoms with Gasteiger partial charge in [0.25, 0.3) is 0 Å². The van der Waals surface area contributed by atoms with Crippen LogP contribution in [-0.2, 0) is 4.74 Å². The Morgan fingerprint density at radius 2 is 1.85 bits per heavy atom. The topological polar surface area (TPSA) is 21.3 Å². The summed E-state index contributed by atoms with van der Waals surface area (Å²) in [5.41, 5.74) is 0. The fraction of sp³-hybridized carbons (Fsp3) is 1.00. The van der Waals surface area contributed by atoms with Gasteiger partial charge in [0.05, 0.1) is 6.10 Å². The van der Waals surface area contributed by atoms with Crippen LogP contribution in [0.5, 0.6) is 0 Å². The highest BCUT2D eigenvalue weighted by Gasteiger charge is 2.32. The lowest BCUT2D eigenvalue weighted by molar-refractivity contribution is 0.0143. The van der Waals surface area contributed by atoms with Gasteiger partial charge in [-0.3, -0.25) is 0 Å². The second-order valence-corrected chi connectivity index (χ2v) is 4.81. The molecule has 2 saturated carbocycles. The van der Waals surface area contributed by atoms with Crippen molar-refractivity contribution in [3.8, 4) is 0 Å². The first kappa shape index (κ1) is 9.47. The molecule has 0 saturated heterocycles. The summed E-state index contributed by atoms with van der Waals surface area (Å²) in [5, 5.41) is 3.73. The third kappa shape index (κ3) is 2.23. The van der Waals surface area contributed by atoms with E-state index in [9.17, 15) is 0 Å². The van der Waals surface area contributed by atoms with Gasteiger partial charge in [-0.05, 0) is 38.0 Å². The number of hydrogen-bond donors (Lipinski definition) is 1. The molecule has 2 unspecified atom stereocenters. The van der Waals surface area contributed by atoms with Gasteiger partial charge in [-0.15, -0.1) is 0 Å². The van der Waals surface area contributed by atoms with Gasteiger partial charge < -0.3 is 10.1 Å². The SMILES string of the molecule is COC1CC(NC2CCC(C)C2)C1. The van der Waals surface area contributed by atoms with Crippen molar-refractivity contribution >= 4 is 0 Å². The minimum absolute atomic E-state index is 0.538. The second-order valence-electron chi connectivity index (χ2n) is 4.81. The summed E-state index contributed by atoms with van der Waals surface area (Å²) in [6.45, 7) is 2.36. The van der Waals surface area contributed by atoms with Crippen molar-refractivity contribution in [1.82, 2.24) is 5.32 Å². The molecule has 0 aromatic carbocycles. The van der Waals surface area contributed by atoms with Crippen LogP contribution in [0.15, 0.2) is 0 Å². The average Bonchev–Trinajstić information content (AvgIpc) is 2.43. The van der Waals surface area contributed by atoms with Crippen LogP contribution < -0.4 is 5.32 Å². The summed E-state index contributed by atoms with van der Waals surface area (Å²) >= 11 is 0. The first-order chi connectivity index (χ1) is 6.28. The van der Waals surface area contributed by atoms with Crippen LogP contribution in [-0.4, -0.2) is 25.3 Å². The van der Waals surface area contributed by atoms with Crippen molar-refractivity contribution < 1.29 is 4.74 Å². The Hall–Kier alpha value is -0.0800. The van der Waals surface area contributed by atoms with Gasteiger partial charge in [-0.25, -0.2) is 0 Å². The van der Waals surface area contributed by atoms with Crippen molar-refractivity contribution in [3.63, 3.8) is 0 Å². The minimum atomic E-state index is 0.538. The van der Waals surface area contributed by atoms with Gasteiger partial charge in [-0.2, -0.15) is 0 Å². The molecule has 0 aromatic heterocycles. The third-order valence-electron chi connectivity index (χ3n) is 3.59. The maximum Gasteiger partial charge on any atom is 0.0601 e. The van der Waals surface area contributed by atoms with Crippen molar-refractivity contribution in [2.45, 2.75) is 57.2 Å². The zero-order valence-electron chi connectivity index (χ0n) is 8.75. The number of hydrogen-bond acceptors (Lipinski definition) is 2. The van der Waals surface area contributed by atoms with Gasteiger partial charge >= 0.3 is 0 Å². The molecule has 2 fully saturated rings. The van der Waals surface area contributed by atoms with Crippen LogP contribution >= 0.6 is 0 Å². The monoisotopic (exact) mass is 183 g/mol. The molecule has 2 aliphatic rings. The molecule has 0 spiro atoms. The predicted molar refractivity (Wildman–Crippen MR) is 53.8 cm³/mol. The predicted octanol–water partition coefficient (Wildman–Crippen LogP) is 1.94. The summed E-state index contributed by atoms with van der Waals surface area (Å²) < 4.78 is 5.26. The molecule has 2 atom stereocenters. The zero-order valence-corrected chi connectivity index (χ0v) is 8.75. The Morgan fingerprint density at radius 1 is 1.08 bits per heavy atom. The molecule has 2 heteroatoms. The smallest absolute Gasteiger partial charge is 0.0601 e. The number of ether oxygens (including phenoxy) is 1. The molecule has 0 bridgehead atoms. The molecule has 2 rings (SSSR count). The molecular formula is C11H21NO. The fourth-order valence-corrected chi connectivity index (χ4v) is 2.59. The quantitative estimate of drug-likeness (QED) is 0.722. The first-order valence-corrected chi connectivity index (χ1v) is 5.56. The lowest BCUT2D eigenvalue weighted by Gasteiger charge is -2.36. The largest absolute Gasteiger partial charge is 0.381 e. The van der Waals surface area contributed by atoms with Crippen molar-refractivity contribution in [1.29, 1.82) is 0 Å². The van der Waals surface area contributed by atoms with E-state index in [-0.39, 0.29) is 0 Å². The molecule has 2 nitrogen and oxygen atoms in total. The van der Waals surface area contributed by atoms with E-state index >= 15 is 0 Å². The molecule has 0 aromatic rings. The van der Waals surface area contributed by atoms with Crippen LogP contribution in [0.2, 0.25) is 0 Å². The zero-order chi connectivity index (χ0) is 9.26. The molecule has 0 heterocycles. The highest BCUT2D eigenvalue weighted by Crippen LogP contribution is 2.29. The van der Waals surface area contributed by atoms with Gasteiger partial charge in [0.1, 0.15) is 0 Å². The Labute approximate surface area is 81.0 Å². The lowest BCUT2D eigenvalue weighted by Crippen LogP contribution is -2.48. The van der Waals surface area contributed by atoms with Crippen molar-refractivity contribution in [3.05, 3.63) is 0 Å². The lowest BCUT2D eigenvalue weighted by atomic mass is 9.88. The first-order valence-electron chi connectivity index (χ1n) is 5.56. The van der Waals surface area contributed by atoms with E-state index in [0.717, 1.165) is 18.0 Å². The normalized spacial score (nSPS) is 44.8. The van der Waals surface area contributed by atoms with Crippen molar-refractivity contribution in [2.24, 2.45) is 5.92 Å². The van der Waals surface area contributed by atoms with Crippen LogP contribution in [0, 0.1) is 5.92 Å². The van der Waals surface area contributed by atoms with E-state index in [2.05, 4.69) is 12.2 Å². The standard InChI is InChI=1S/C11H21NO/c1-8-3-4-9(5-8)12-10-6-11(7-10)13-2/h8-12H,3-7H2,1-2H3. The molecule has 2 aliphatic carbocycles. The summed E-state index contributed by atoms with van der Waals surface area (Å²) in [6, 6.07) is 1.55. The van der Waals surface area contributed by atoms with Crippen molar-refractivity contribution in [2.75, 3.05) is 7.11 Å². The molecule has 13 heavy (non-hydrogen) atoms. The summed E-state index contributed by atoms with van der Waals surface area (Å²) in [6.07, 6.45) is 7.17. The van der Waals surface area contributed by atoms with E-state index in [1.54, 1.807) is 0 Å². The van der Waals surface area contributed by atoms with Gasteiger partial charge in [0, 0.05) is 19.2 Å². The minimum Gasteiger partial charge on any atom is -0.381 e. The second kappa shape index (κ2) is 3.97. The van der Waals surface area contributed by atoms with Crippen LogP contribution in [0.4, 0.5) is 0 Å². The van der Waals surface area contributed by atoms with Crippen LogP contribution in [0.25, 0.3) is 0 Å². The molecule has 1 N–H and O–H groups in total. The highest BCUT2D eigenvalue weighted by atomic mass is 16.5. The van der Waals surface area contributed by atoms with E-state index in [4.69, 9.17) is 4.74 Å². The molecule has 0 radical (unpaired) electrons. The van der Waals surface area contributed by atoms with E-state index in [1.807, 2.05) is 7.11 Å². The maximum absolute atomic E-state index is 5.26. The summed E-state index contributed by atoms with van der Waals surface area (Å²) in [4.78, 5) is 0. The van der Waals surface area contributed by atoms with E-state index < -0.39 is 0 Å². The number of nitrogens with one attached hydrogen (secondary N) is 1. The van der Waals surface area contributed by atoms with Gasteiger partial charge in [0.15, 0.2) is 0 Å². The number of methoxy groups -OCH3 is 1. The maximum atomic E-state index is 5.26. The highest BCUT2D eigenvalue weighted by molar-refractivity contribution is 4.90. The fourth-order valence-electron chi connectivity index (χ4n) is 2.59. The van der Waals surface area contributed by atoms with Crippen LogP contribution in [0.1, 0.15) is 39.0 Å². The van der Waals surface area contributed by atoms with E-state index in [1.165, 1.54) is 32.1 Å². The molecule has 0 amide bonds.